The summed E-state index contributed by atoms with van der Waals surface area (Å²) < 4.78 is 22.7. The zero-order valence-electron chi connectivity index (χ0n) is 16.8. The van der Waals surface area contributed by atoms with Crippen LogP contribution in [0.2, 0.25) is 0 Å². The van der Waals surface area contributed by atoms with E-state index in [1.165, 1.54) is 12.1 Å². The van der Waals surface area contributed by atoms with E-state index in [1.807, 2.05) is 37.3 Å². The molecule has 0 bridgehead atoms. The third-order valence-electron chi connectivity index (χ3n) is 4.97. The van der Waals surface area contributed by atoms with Crippen LogP contribution in [-0.4, -0.2) is 36.1 Å². The van der Waals surface area contributed by atoms with Crippen molar-refractivity contribution in [1.29, 1.82) is 0 Å². The average Bonchev–Trinajstić information content (AvgIpc) is 3.14. The molecule has 0 aliphatic rings. The van der Waals surface area contributed by atoms with Gasteiger partial charge in [0, 0.05) is 17.8 Å². The molecular weight excluding hydrogens is 414 g/mol. The number of hydrogen-bond acceptors (Lipinski definition) is 5. The molecule has 4 rings (SSSR count). The standard InChI is InChI=1S/C22H21N5O3S/c1-14-20-18(13-19(25-21(20)27-26-14)16-5-3-2-4-6-16)22(28)24-12-11-15-7-9-17(10-8-15)31(23,29)30/h2-10,13H,11-12H2,1H3,(H,24,28)(H2,23,29,30)(H,25,26,27). The minimum absolute atomic E-state index is 0.0586. The van der Waals surface area contributed by atoms with Gasteiger partial charge in [0.05, 0.1) is 21.5 Å². The first-order chi connectivity index (χ1) is 14.8. The lowest BCUT2D eigenvalue weighted by Crippen LogP contribution is -2.26. The summed E-state index contributed by atoms with van der Waals surface area (Å²) in [5, 5.41) is 15.9. The van der Waals surface area contributed by atoms with E-state index >= 15 is 0 Å². The SMILES string of the molecule is Cc1[nH]nc2nc(-c3ccccc3)cc(C(=O)NCCc3ccc(S(N)(=O)=O)cc3)c12. The zero-order valence-corrected chi connectivity index (χ0v) is 17.6. The van der Waals surface area contributed by atoms with Gasteiger partial charge in [-0.2, -0.15) is 5.10 Å². The van der Waals surface area contributed by atoms with Gasteiger partial charge in [-0.15, -0.1) is 0 Å². The highest BCUT2D eigenvalue weighted by molar-refractivity contribution is 7.89. The minimum Gasteiger partial charge on any atom is -0.352 e. The fourth-order valence-corrected chi connectivity index (χ4v) is 3.89. The summed E-state index contributed by atoms with van der Waals surface area (Å²) in [5.74, 6) is -0.227. The van der Waals surface area contributed by atoms with E-state index in [1.54, 1.807) is 18.2 Å². The van der Waals surface area contributed by atoms with Crippen LogP contribution in [0, 0.1) is 6.92 Å². The van der Waals surface area contributed by atoms with Crippen molar-refractivity contribution in [1.82, 2.24) is 20.5 Å². The Morgan fingerprint density at radius 3 is 2.48 bits per heavy atom. The molecule has 2 aromatic heterocycles. The van der Waals surface area contributed by atoms with Gasteiger partial charge in [0.1, 0.15) is 0 Å². The lowest BCUT2D eigenvalue weighted by molar-refractivity contribution is 0.0955. The lowest BCUT2D eigenvalue weighted by atomic mass is 10.0. The Hall–Kier alpha value is -3.56. The number of aromatic amines is 1. The van der Waals surface area contributed by atoms with Crippen molar-refractivity contribution >= 4 is 27.0 Å². The summed E-state index contributed by atoms with van der Waals surface area (Å²) in [6.07, 6.45) is 0.542. The number of primary sulfonamides is 1. The van der Waals surface area contributed by atoms with Gasteiger partial charge < -0.3 is 5.32 Å². The van der Waals surface area contributed by atoms with Crippen LogP contribution in [0.3, 0.4) is 0 Å². The second-order valence-electron chi connectivity index (χ2n) is 7.16. The van der Waals surface area contributed by atoms with Crippen molar-refractivity contribution in [2.45, 2.75) is 18.2 Å². The van der Waals surface area contributed by atoms with Crippen LogP contribution in [0.25, 0.3) is 22.3 Å². The Morgan fingerprint density at radius 1 is 1.10 bits per heavy atom. The molecule has 2 aromatic carbocycles. The molecule has 158 valence electrons. The molecule has 0 aliphatic carbocycles. The van der Waals surface area contributed by atoms with E-state index in [4.69, 9.17) is 5.14 Å². The van der Waals surface area contributed by atoms with E-state index in [-0.39, 0.29) is 10.8 Å². The maximum atomic E-state index is 13.0. The largest absolute Gasteiger partial charge is 0.352 e. The predicted octanol–water partition coefficient (Wildman–Crippen LogP) is 2.55. The molecule has 1 amide bonds. The highest BCUT2D eigenvalue weighted by atomic mass is 32.2. The van der Waals surface area contributed by atoms with Gasteiger partial charge in [0.15, 0.2) is 5.65 Å². The predicted molar refractivity (Wildman–Crippen MR) is 118 cm³/mol. The topological polar surface area (TPSA) is 131 Å². The number of nitrogens with zero attached hydrogens (tertiary/aromatic N) is 2. The Morgan fingerprint density at radius 2 is 1.81 bits per heavy atom. The molecule has 0 saturated carbocycles. The highest BCUT2D eigenvalue weighted by Gasteiger charge is 2.17. The molecule has 4 N–H and O–H groups in total. The van der Waals surface area contributed by atoms with Gasteiger partial charge in [-0.25, -0.2) is 18.5 Å². The first-order valence-electron chi connectivity index (χ1n) is 9.64. The molecule has 0 atom stereocenters. The molecule has 8 nitrogen and oxygen atoms in total. The fourth-order valence-electron chi connectivity index (χ4n) is 3.37. The number of fused-ring (bicyclic) bond motifs is 1. The molecule has 2 heterocycles. The second-order valence-corrected chi connectivity index (χ2v) is 8.72. The first-order valence-corrected chi connectivity index (χ1v) is 11.2. The van der Waals surface area contributed by atoms with Crippen LogP contribution in [0.1, 0.15) is 21.6 Å². The Labute approximate surface area is 179 Å². The van der Waals surface area contributed by atoms with E-state index < -0.39 is 10.0 Å². The van der Waals surface area contributed by atoms with Crippen molar-refractivity contribution in [3.63, 3.8) is 0 Å². The summed E-state index contributed by atoms with van der Waals surface area (Å²) >= 11 is 0. The van der Waals surface area contributed by atoms with Gasteiger partial charge in [-0.05, 0) is 37.1 Å². The van der Waals surface area contributed by atoms with Crippen molar-refractivity contribution in [2.24, 2.45) is 5.14 Å². The van der Waals surface area contributed by atoms with E-state index in [0.717, 1.165) is 16.8 Å². The number of nitrogens with two attached hydrogens (primary N) is 1. The second kappa shape index (κ2) is 8.29. The Kier molecular flexibility index (Phi) is 5.53. The number of pyridine rings is 1. The van der Waals surface area contributed by atoms with Gasteiger partial charge in [-0.3, -0.25) is 9.89 Å². The number of amides is 1. The number of benzene rings is 2. The monoisotopic (exact) mass is 435 g/mol. The third kappa shape index (κ3) is 4.47. The Balaban J connectivity index is 1.54. The van der Waals surface area contributed by atoms with Crippen molar-refractivity contribution < 1.29 is 13.2 Å². The highest BCUT2D eigenvalue weighted by Crippen LogP contribution is 2.25. The normalized spacial score (nSPS) is 11.5. The van der Waals surface area contributed by atoms with Crippen LogP contribution in [0.15, 0.2) is 65.6 Å². The molecule has 0 radical (unpaired) electrons. The molecule has 0 spiro atoms. The lowest BCUT2D eigenvalue weighted by Gasteiger charge is -2.09. The first kappa shape index (κ1) is 20.7. The van der Waals surface area contributed by atoms with Gasteiger partial charge in [0.25, 0.3) is 5.91 Å². The molecular formula is C22H21N5O3S. The summed E-state index contributed by atoms with van der Waals surface area (Å²) in [7, 11) is -3.72. The molecule has 9 heteroatoms. The van der Waals surface area contributed by atoms with Gasteiger partial charge in [0.2, 0.25) is 10.0 Å². The summed E-state index contributed by atoms with van der Waals surface area (Å²) in [4.78, 5) is 17.6. The summed E-state index contributed by atoms with van der Waals surface area (Å²) in [6.45, 7) is 2.23. The smallest absolute Gasteiger partial charge is 0.252 e. The molecule has 0 aliphatic heterocycles. The number of carbonyl (C=O) groups excluding carboxylic acids is 1. The van der Waals surface area contributed by atoms with Crippen LogP contribution in [0.4, 0.5) is 0 Å². The molecule has 0 saturated heterocycles. The number of aromatic nitrogens is 3. The summed E-state index contributed by atoms with van der Waals surface area (Å²) in [5.41, 5.74) is 4.21. The summed E-state index contributed by atoms with van der Waals surface area (Å²) in [6, 6.07) is 17.7. The molecule has 4 aromatic rings. The number of rotatable bonds is 6. The number of carbonyl (C=O) groups is 1. The third-order valence-corrected chi connectivity index (χ3v) is 5.90. The Bertz CT molecular complexity index is 1350. The van der Waals surface area contributed by atoms with E-state index in [2.05, 4.69) is 20.5 Å². The van der Waals surface area contributed by atoms with Crippen LogP contribution in [-0.2, 0) is 16.4 Å². The van der Waals surface area contributed by atoms with Crippen LogP contribution < -0.4 is 10.5 Å². The minimum atomic E-state index is -3.72. The fraction of sp³-hybridized carbons (Fsp3) is 0.136. The van der Waals surface area contributed by atoms with Crippen LogP contribution >= 0.6 is 0 Å². The van der Waals surface area contributed by atoms with Crippen molar-refractivity contribution in [3.8, 4) is 11.3 Å². The van der Waals surface area contributed by atoms with Crippen molar-refractivity contribution in [2.75, 3.05) is 6.54 Å². The van der Waals surface area contributed by atoms with Crippen LogP contribution in [0.5, 0.6) is 0 Å². The van der Waals surface area contributed by atoms with Crippen molar-refractivity contribution in [3.05, 3.63) is 77.5 Å². The number of aryl methyl sites for hydroxylation is 1. The number of hydrogen-bond donors (Lipinski definition) is 3. The van der Waals surface area contributed by atoms with Gasteiger partial charge in [-0.1, -0.05) is 42.5 Å². The molecule has 0 fully saturated rings. The maximum Gasteiger partial charge on any atom is 0.252 e. The quantitative estimate of drug-likeness (QED) is 0.428. The molecule has 0 unspecified atom stereocenters. The zero-order chi connectivity index (χ0) is 22.0. The average molecular weight is 436 g/mol. The maximum absolute atomic E-state index is 13.0. The number of sulfonamides is 1. The van der Waals surface area contributed by atoms with E-state index in [9.17, 15) is 13.2 Å². The molecule has 31 heavy (non-hydrogen) atoms. The van der Waals surface area contributed by atoms with E-state index in [0.29, 0.717) is 35.3 Å². The number of nitrogens with one attached hydrogen (secondary N) is 2. The van der Waals surface area contributed by atoms with Gasteiger partial charge >= 0.3 is 0 Å². The number of H-pyrrole nitrogens is 1.